The zero-order valence-corrected chi connectivity index (χ0v) is 19.9. The van der Waals surface area contributed by atoms with Gasteiger partial charge in [0, 0.05) is 39.9 Å². The summed E-state index contributed by atoms with van der Waals surface area (Å²) in [4.78, 5) is 40.7. The number of hydrogen-bond donors (Lipinski definition) is 2. The maximum absolute atomic E-state index is 13.1. The number of thiophene rings is 1. The molecule has 0 unspecified atom stereocenters. The van der Waals surface area contributed by atoms with Crippen molar-refractivity contribution in [2.45, 2.75) is 12.8 Å². The number of nitrogens with zero attached hydrogens (tertiary/aromatic N) is 1. The van der Waals surface area contributed by atoms with Crippen molar-refractivity contribution in [3.63, 3.8) is 0 Å². The largest absolute Gasteiger partial charge is 0.369 e. The van der Waals surface area contributed by atoms with Crippen LogP contribution in [-0.2, 0) is 9.59 Å². The van der Waals surface area contributed by atoms with E-state index in [2.05, 4.69) is 5.32 Å². The number of halogens is 1. The van der Waals surface area contributed by atoms with E-state index in [1.807, 2.05) is 36.4 Å². The van der Waals surface area contributed by atoms with Crippen molar-refractivity contribution in [1.29, 1.82) is 0 Å². The van der Waals surface area contributed by atoms with Crippen LogP contribution in [0.15, 0.2) is 66.7 Å². The first-order valence-electron chi connectivity index (χ1n) is 10.9. The van der Waals surface area contributed by atoms with E-state index in [9.17, 15) is 14.4 Å². The Balaban J connectivity index is 1.41. The molecule has 2 heterocycles. The summed E-state index contributed by atoms with van der Waals surface area (Å²) in [6, 6.07) is 18.5. The summed E-state index contributed by atoms with van der Waals surface area (Å²) < 4.78 is 0. The van der Waals surface area contributed by atoms with Gasteiger partial charge in [0.2, 0.25) is 11.8 Å². The number of anilines is 1. The van der Waals surface area contributed by atoms with Crippen LogP contribution >= 0.6 is 22.9 Å². The van der Waals surface area contributed by atoms with Crippen molar-refractivity contribution in [1.82, 2.24) is 4.90 Å². The van der Waals surface area contributed by atoms with Crippen LogP contribution in [0.2, 0.25) is 5.02 Å². The molecule has 6 nitrogen and oxygen atoms in total. The first-order valence-corrected chi connectivity index (χ1v) is 12.1. The minimum absolute atomic E-state index is 0.174. The molecule has 0 saturated carbocycles. The van der Waals surface area contributed by atoms with Crippen LogP contribution in [-0.4, -0.2) is 35.7 Å². The first-order chi connectivity index (χ1) is 16.4. The number of piperidine rings is 1. The van der Waals surface area contributed by atoms with Crippen LogP contribution in [0.3, 0.4) is 0 Å². The van der Waals surface area contributed by atoms with Crippen LogP contribution in [0.5, 0.6) is 0 Å². The highest BCUT2D eigenvalue weighted by atomic mass is 35.5. The van der Waals surface area contributed by atoms with Crippen molar-refractivity contribution in [2.75, 3.05) is 18.4 Å². The van der Waals surface area contributed by atoms with Gasteiger partial charge < -0.3 is 16.0 Å². The average molecular weight is 494 g/mol. The van der Waals surface area contributed by atoms with Crippen LogP contribution in [0.1, 0.15) is 28.1 Å². The Morgan fingerprint density at radius 3 is 2.53 bits per heavy atom. The van der Waals surface area contributed by atoms with E-state index in [1.54, 1.807) is 46.6 Å². The molecular weight excluding hydrogens is 470 g/mol. The molecule has 174 valence electrons. The number of primary amides is 1. The third-order valence-corrected chi connectivity index (χ3v) is 7.07. The van der Waals surface area contributed by atoms with Gasteiger partial charge in [0.15, 0.2) is 0 Å². The van der Waals surface area contributed by atoms with Gasteiger partial charge in [-0.15, -0.1) is 11.3 Å². The minimum atomic E-state index is -0.328. The standard InChI is InChI=1S/C26H24ClN3O3S/c27-19-5-3-4-18(16-19)23-10-8-20(34-23)9-11-24(31)29-22-7-2-1-6-21(22)26(33)30-14-12-17(13-15-30)25(28)32/h1-11,16-17H,12-15H2,(H2,28,32)(H,29,31)/b11-9+. The van der Waals surface area contributed by atoms with Crippen molar-refractivity contribution >= 4 is 52.4 Å². The maximum atomic E-state index is 13.1. The lowest BCUT2D eigenvalue weighted by Gasteiger charge is -2.31. The van der Waals surface area contributed by atoms with Crippen LogP contribution in [0, 0.1) is 5.92 Å². The van der Waals surface area contributed by atoms with Gasteiger partial charge in [-0.05, 0) is 60.9 Å². The second-order valence-corrected chi connectivity index (χ2v) is 9.60. The molecule has 8 heteroatoms. The van der Waals surface area contributed by atoms with Gasteiger partial charge in [0.05, 0.1) is 11.3 Å². The highest BCUT2D eigenvalue weighted by molar-refractivity contribution is 7.16. The Morgan fingerprint density at radius 2 is 1.79 bits per heavy atom. The molecule has 1 saturated heterocycles. The van der Waals surface area contributed by atoms with E-state index in [0.29, 0.717) is 42.2 Å². The van der Waals surface area contributed by atoms with E-state index in [-0.39, 0.29) is 23.6 Å². The molecule has 0 bridgehead atoms. The molecule has 1 aromatic heterocycles. The number of nitrogens with one attached hydrogen (secondary N) is 1. The number of rotatable bonds is 6. The lowest BCUT2D eigenvalue weighted by atomic mass is 9.95. The first kappa shape index (κ1) is 23.7. The molecule has 3 N–H and O–H groups in total. The fourth-order valence-electron chi connectivity index (χ4n) is 3.89. The Morgan fingerprint density at radius 1 is 1.03 bits per heavy atom. The SMILES string of the molecule is NC(=O)C1CCN(C(=O)c2ccccc2NC(=O)/C=C/c2ccc(-c3cccc(Cl)c3)s2)CC1. The third kappa shape index (κ3) is 5.73. The summed E-state index contributed by atoms with van der Waals surface area (Å²) >= 11 is 7.63. The Labute approximate surface area is 207 Å². The highest BCUT2D eigenvalue weighted by Crippen LogP contribution is 2.30. The number of carbonyl (C=O) groups excluding carboxylic acids is 3. The normalized spacial score (nSPS) is 14.3. The van der Waals surface area contributed by atoms with Crippen LogP contribution < -0.4 is 11.1 Å². The second kappa shape index (κ2) is 10.7. The molecule has 3 aromatic rings. The zero-order valence-electron chi connectivity index (χ0n) is 18.4. The van der Waals surface area contributed by atoms with Gasteiger partial charge in [-0.2, -0.15) is 0 Å². The molecular formula is C26H24ClN3O3S. The van der Waals surface area contributed by atoms with E-state index in [0.717, 1.165) is 15.3 Å². The number of likely N-dealkylation sites (tertiary alicyclic amines) is 1. The molecule has 34 heavy (non-hydrogen) atoms. The van der Waals surface area contributed by atoms with E-state index in [1.165, 1.54) is 6.08 Å². The molecule has 0 radical (unpaired) electrons. The molecule has 2 aromatic carbocycles. The average Bonchev–Trinajstić information content (AvgIpc) is 3.32. The number of benzene rings is 2. The summed E-state index contributed by atoms with van der Waals surface area (Å²) in [6.07, 6.45) is 4.30. The molecule has 0 aliphatic carbocycles. The predicted molar refractivity (Wildman–Crippen MR) is 137 cm³/mol. The number of para-hydroxylation sites is 1. The van der Waals surface area contributed by atoms with Crippen molar-refractivity contribution < 1.29 is 14.4 Å². The number of carbonyl (C=O) groups is 3. The number of nitrogens with two attached hydrogens (primary N) is 1. The number of hydrogen-bond acceptors (Lipinski definition) is 4. The van der Waals surface area contributed by atoms with Gasteiger partial charge in [-0.1, -0.05) is 35.9 Å². The molecule has 1 aliphatic rings. The lowest BCUT2D eigenvalue weighted by Crippen LogP contribution is -2.42. The van der Waals surface area contributed by atoms with Crippen LogP contribution in [0.25, 0.3) is 16.5 Å². The van der Waals surface area contributed by atoms with Gasteiger partial charge in [-0.25, -0.2) is 0 Å². The zero-order chi connectivity index (χ0) is 24.1. The molecule has 0 spiro atoms. The van der Waals surface area contributed by atoms with Gasteiger partial charge in [0.1, 0.15) is 0 Å². The summed E-state index contributed by atoms with van der Waals surface area (Å²) in [6.45, 7) is 0.921. The topological polar surface area (TPSA) is 92.5 Å². The predicted octanol–water partition coefficient (Wildman–Crippen LogP) is 5.06. The van der Waals surface area contributed by atoms with Gasteiger partial charge >= 0.3 is 0 Å². The third-order valence-electron chi connectivity index (χ3n) is 5.73. The van der Waals surface area contributed by atoms with E-state index < -0.39 is 0 Å². The Kier molecular flexibility index (Phi) is 7.45. The van der Waals surface area contributed by atoms with Crippen LogP contribution in [0.4, 0.5) is 5.69 Å². The van der Waals surface area contributed by atoms with Crippen molar-refractivity contribution in [3.05, 3.63) is 82.2 Å². The lowest BCUT2D eigenvalue weighted by molar-refractivity contribution is -0.123. The van der Waals surface area contributed by atoms with Gasteiger partial charge in [0.25, 0.3) is 5.91 Å². The van der Waals surface area contributed by atoms with Crippen molar-refractivity contribution in [3.8, 4) is 10.4 Å². The highest BCUT2D eigenvalue weighted by Gasteiger charge is 2.27. The Hall–Kier alpha value is -3.42. The monoisotopic (exact) mass is 493 g/mol. The summed E-state index contributed by atoms with van der Waals surface area (Å²) in [5.41, 5.74) is 7.27. The quantitative estimate of drug-likeness (QED) is 0.470. The maximum Gasteiger partial charge on any atom is 0.255 e. The smallest absolute Gasteiger partial charge is 0.255 e. The van der Waals surface area contributed by atoms with Crippen molar-refractivity contribution in [2.24, 2.45) is 11.7 Å². The molecule has 0 atom stereocenters. The molecule has 1 aliphatic heterocycles. The van der Waals surface area contributed by atoms with Gasteiger partial charge in [-0.3, -0.25) is 14.4 Å². The summed E-state index contributed by atoms with van der Waals surface area (Å²) in [5.74, 6) is -1.02. The summed E-state index contributed by atoms with van der Waals surface area (Å²) in [5, 5.41) is 3.49. The fourth-order valence-corrected chi connectivity index (χ4v) is 4.98. The second-order valence-electron chi connectivity index (χ2n) is 8.05. The van der Waals surface area contributed by atoms with E-state index >= 15 is 0 Å². The number of amides is 3. The fraction of sp³-hybridized carbons (Fsp3) is 0.192. The Bertz CT molecular complexity index is 1250. The summed E-state index contributed by atoms with van der Waals surface area (Å²) in [7, 11) is 0. The molecule has 4 rings (SSSR count). The minimum Gasteiger partial charge on any atom is -0.369 e. The molecule has 1 fully saturated rings. The molecule has 3 amide bonds. The van der Waals surface area contributed by atoms with E-state index in [4.69, 9.17) is 17.3 Å².